The van der Waals surface area contributed by atoms with Crippen molar-refractivity contribution >= 4 is 10.9 Å². The zero-order valence-electron chi connectivity index (χ0n) is 14.0. The van der Waals surface area contributed by atoms with Crippen molar-refractivity contribution in [3.8, 4) is 0 Å². The van der Waals surface area contributed by atoms with Crippen molar-refractivity contribution < 1.29 is 0 Å². The molecule has 124 valence electrons. The summed E-state index contributed by atoms with van der Waals surface area (Å²) in [6.07, 6.45) is 4.69. The zero-order valence-corrected chi connectivity index (χ0v) is 14.0. The summed E-state index contributed by atoms with van der Waals surface area (Å²) in [4.78, 5) is 5.94. The summed E-state index contributed by atoms with van der Waals surface area (Å²) >= 11 is 0. The summed E-state index contributed by atoms with van der Waals surface area (Å²) in [7, 11) is 0. The van der Waals surface area contributed by atoms with Crippen LogP contribution in [0.25, 0.3) is 10.9 Å². The maximum Gasteiger partial charge on any atom is 0.0457 e. The van der Waals surface area contributed by atoms with Crippen molar-refractivity contribution in [1.82, 2.24) is 15.2 Å². The molecule has 1 aromatic heterocycles. The average molecular weight is 319 g/mol. The lowest BCUT2D eigenvalue weighted by Gasteiger charge is -2.33. The summed E-state index contributed by atoms with van der Waals surface area (Å²) < 4.78 is 0. The number of nitrogens with zero attached hydrogens (tertiary/aromatic N) is 1. The second-order valence-electron chi connectivity index (χ2n) is 6.80. The first-order valence-electron chi connectivity index (χ1n) is 8.93. The standard InChI is InChI=1S/C21H25N3/c1-2-7-17(8-3-1)15-24-12-6-9-19(16-24)22-13-18-14-23-21-11-5-4-10-20(18)21/h1-5,7-8,10-11,14,19,22-23H,6,9,12-13,15-16H2. The molecular formula is C21H25N3. The fourth-order valence-corrected chi connectivity index (χ4v) is 3.74. The molecule has 1 aliphatic rings. The number of nitrogens with one attached hydrogen (secondary N) is 2. The van der Waals surface area contributed by atoms with Crippen molar-refractivity contribution in [2.24, 2.45) is 0 Å². The summed E-state index contributed by atoms with van der Waals surface area (Å²) in [5.74, 6) is 0. The van der Waals surface area contributed by atoms with Crippen LogP contribution in [0.3, 0.4) is 0 Å². The highest BCUT2D eigenvalue weighted by atomic mass is 15.2. The largest absolute Gasteiger partial charge is 0.361 e. The van der Waals surface area contributed by atoms with Crippen LogP contribution < -0.4 is 5.32 Å². The van der Waals surface area contributed by atoms with E-state index < -0.39 is 0 Å². The van der Waals surface area contributed by atoms with Gasteiger partial charge in [-0.3, -0.25) is 4.90 Å². The van der Waals surface area contributed by atoms with Gasteiger partial charge in [0.15, 0.2) is 0 Å². The lowest BCUT2D eigenvalue weighted by Crippen LogP contribution is -2.44. The Bertz CT molecular complexity index is 778. The van der Waals surface area contributed by atoms with Crippen molar-refractivity contribution in [3.05, 3.63) is 71.9 Å². The number of hydrogen-bond acceptors (Lipinski definition) is 2. The minimum absolute atomic E-state index is 0.580. The van der Waals surface area contributed by atoms with Crippen LogP contribution in [-0.2, 0) is 13.1 Å². The van der Waals surface area contributed by atoms with Gasteiger partial charge in [-0.1, -0.05) is 48.5 Å². The normalized spacial score (nSPS) is 18.9. The molecule has 1 fully saturated rings. The van der Waals surface area contributed by atoms with E-state index >= 15 is 0 Å². The minimum atomic E-state index is 0.580. The van der Waals surface area contributed by atoms with Crippen LogP contribution >= 0.6 is 0 Å². The Morgan fingerprint density at radius 2 is 1.88 bits per heavy atom. The number of benzene rings is 2. The molecular weight excluding hydrogens is 294 g/mol. The molecule has 0 saturated carbocycles. The smallest absolute Gasteiger partial charge is 0.0457 e. The lowest BCUT2D eigenvalue weighted by atomic mass is 10.0. The molecule has 2 aromatic carbocycles. The maximum absolute atomic E-state index is 3.77. The quantitative estimate of drug-likeness (QED) is 0.747. The Hall–Kier alpha value is -2.10. The molecule has 24 heavy (non-hydrogen) atoms. The van der Waals surface area contributed by atoms with Gasteiger partial charge in [-0.2, -0.15) is 0 Å². The Morgan fingerprint density at radius 3 is 2.79 bits per heavy atom. The number of hydrogen-bond donors (Lipinski definition) is 2. The third kappa shape index (κ3) is 3.53. The molecule has 0 amide bonds. The fraction of sp³-hybridized carbons (Fsp3) is 0.333. The number of piperidine rings is 1. The lowest BCUT2D eigenvalue weighted by molar-refractivity contribution is 0.183. The summed E-state index contributed by atoms with van der Waals surface area (Å²) in [6.45, 7) is 4.34. The highest BCUT2D eigenvalue weighted by Gasteiger charge is 2.19. The van der Waals surface area contributed by atoms with Crippen LogP contribution in [0, 0.1) is 0 Å². The minimum Gasteiger partial charge on any atom is -0.361 e. The summed E-state index contributed by atoms with van der Waals surface area (Å²) in [5, 5.41) is 5.11. The van der Waals surface area contributed by atoms with Crippen LogP contribution in [0.1, 0.15) is 24.0 Å². The van der Waals surface area contributed by atoms with Crippen LogP contribution in [0.15, 0.2) is 60.8 Å². The van der Waals surface area contributed by atoms with Gasteiger partial charge in [0.2, 0.25) is 0 Å². The second-order valence-corrected chi connectivity index (χ2v) is 6.80. The molecule has 0 spiro atoms. The number of fused-ring (bicyclic) bond motifs is 1. The molecule has 3 nitrogen and oxygen atoms in total. The van der Waals surface area contributed by atoms with E-state index in [1.807, 2.05) is 0 Å². The molecule has 3 aromatic rings. The second kappa shape index (κ2) is 7.20. The first-order chi connectivity index (χ1) is 11.9. The van der Waals surface area contributed by atoms with E-state index in [4.69, 9.17) is 0 Å². The summed E-state index contributed by atoms with van der Waals surface area (Å²) in [6, 6.07) is 19.9. The Kier molecular flexibility index (Phi) is 4.63. The highest BCUT2D eigenvalue weighted by Crippen LogP contribution is 2.19. The molecule has 2 heterocycles. The third-order valence-corrected chi connectivity index (χ3v) is 5.01. The number of likely N-dealkylation sites (tertiary alicyclic amines) is 1. The third-order valence-electron chi connectivity index (χ3n) is 5.01. The van der Waals surface area contributed by atoms with Gasteiger partial charge in [-0.25, -0.2) is 0 Å². The SMILES string of the molecule is c1ccc(CN2CCCC(NCc3c[nH]c4ccccc34)C2)cc1. The van der Waals surface area contributed by atoms with E-state index in [1.54, 1.807) is 0 Å². The monoisotopic (exact) mass is 319 g/mol. The molecule has 4 rings (SSSR count). The molecule has 1 unspecified atom stereocenters. The van der Waals surface area contributed by atoms with Gasteiger partial charge in [-0.15, -0.1) is 0 Å². The first kappa shape index (κ1) is 15.4. The van der Waals surface area contributed by atoms with Gasteiger partial charge < -0.3 is 10.3 Å². The number of H-pyrrole nitrogens is 1. The molecule has 3 heteroatoms. The topological polar surface area (TPSA) is 31.1 Å². The van der Waals surface area contributed by atoms with E-state index in [0.717, 1.165) is 19.6 Å². The van der Waals surface area contributed by atoms with Gasteiger partial charge in [0.1, 0.15) is 0 Å². The van der Waals surface area contributed by atoms with Crippen molar-refractivity contribution in [1.29, 1.82) is 0 Å². The van der Waals surface area contributed by atoms with Gasteiger partial charge in [0.25, 0.3) is 0 Å². The summed E-state index contributed by atoms with van der Waals surface area (Å²) in [5.41, 5.74) is 4.00. The van der Waals surface area contributed by atoms with Crippen molar-refractivity contribution in [2.45, 2.75) is 32.0 Å². The highest BCUT2D eigenvalue weighted by molar-refractivity contribution is 5.82. The molecule has 1 aliphatic heterocycles. The maximum atomic E-state index is 3.77. The van der Waals surface area contributed by atoms with E-state index in [-0.39, 0.29) is 0 Å². The van der Waals surface area contributed by atoms with Crippen LogP contribution in [0.5, 0.6) is 0 Å². The predicted molar refractivity (Wildman–Crippen MR) is 99.9 cm³/mol. The number of para-hydroxylation sites is 1. The van der Waals surface area contributed by atoms with Gasteiger partial charge in [0.05, 0.1) is 0 Å². The van der Waals surface area contributed by atoms with Crippen LogP contribution in [-0.4, -0.2) is 29.0 Å². The zero-order chi connectivity index (χ0) is 16.2. The van der Waals surface area contributed by atoms with Gasteiger partial charge in [-0.05, 0) is 36.6 Å². The number of aromatic amines is 1. The Labute approximate surface area is 143 Å². The van der Waals surface area contributed by atoms with Gasteiger partial charge >= 0.3 is 0 Å². The fourth-order valence-electron chi connectivity index (χ4n) is 3.74. The number of aromatic nitrogens is 1. The molecule has 0 radical (unpaired) electrons. The van der Waals surface area contributed by atoms with Crippen molar-refractivity contribution in [2.75, 3.05) is 13.1 Å². The van der Waals surface area contributed by atoms with Crippen LogP contribution in [0.4, 0.5) is 0 Å². The first-order valence-corrected chi connectivity index (χ1v) is 8.93. The van der Waals surface area contributed by atoms with Gasteiger partial charge in [0, 0.05) is 42.8 Å². The Morgan fingerprint density at radius 1 is 1.04 bits per heavy atom. The molecule has 0 bridgehead atoms. The van der Waals surface area contributed by atoms with E-state index in [2.05, 4.69) is 76.0 Å². The van der Waals surface area contributed by atoms with Crippen molar-refractivity contribution in [3.63, 3.8) is 0 Å². The number of rotatable bonds is 5. The van der Waals surface area contributed by atoms with E-state index in [9.17, 15) is 0 Å². The molecule has 1 saturated heterocycles. The van der Waals surface area contributed by atoms with E-state index in [0.29, 0.717) is 6.04 Å². The molecule has 0 aliphatic carbocycles. The Balaban J connectivity index is 1.35. The molecule has 1 atom stereocenters. The average Bonchev–Trinajstić information content (AvgIpc) is 3.04. The molecule has 2 N–H and O–H groups in total. The van der Waals surface area contributed by atoms with Crippen LogP contribution in [0.2, 0.25) is 0 Å². The van der Waals surface area contributed by atoms with E-state index in [1.165, 1.54) is 41.4 Å². The predicted octanol–water partition coefficient (Wildman–Crippen LogP) is 3.92.